The number of fused-ring (bicyclic) bond motifs is 3. The van der Waals surface area contributed by atoms with Gasteiger partial charge in [0.05, 0.1) is 19.9 Å². The summed E-state index contributed by atoms with van der Waals surface area (Å²) in [7, 11) is 3.39. The zero-order chi connectivity index (χ0) is 18.1. The number of aromatic nitrogens is 1. The number of benzene rings is 2. The molecule has 0 aliphatic heterocycles. The van der Waals surface area contributed by atoms with E-state index in [1.165, 1.54) is 16.0 Å². The molecule has 1 heterocycles. The van der Waals surface area contributed by atoms with Gasteiger partial charge in [0.15, 0.2) is 0 Å². The summed E-state index contributed by atoms with van der Waals surface area (Å²) >= 11 is 1.67. The van der Waals surface area contributed by atoms with Crippen molar-refractivity contribution in [3.05, 3.63) is 58.0 Å². The first-order chi connectivity index (χ1) is 12.7. The molecular weight excluding hydrogens is 344 g/mol. The molecule has 4 rings (SSSR count). The van der Waals surface area contributed by atoms with Crippen LogP contribution in [0.15, 0.2) is 41.4 Å². The monoisotopic (exact) mass is 364 g/mol. The lowest BCUT2D eigenvalue weighted by Gasteiger charge is -2.15. The van der Waals surface area contributed by atoms with Crippen LogP contribution < -0.4 is 9.47 Å². The number of ether oxygens (including phenoxy) is 2. The summed E-state index contributed by atoms with van der Waals surface area (Å²) in [4.78, 5) is 10.7. The summed E-state index contributed by atoms with van der Waals surface area (Å²) in [5.41, 5.74) is 5.67. The molecule has 132 valence electrons. The second-order valence-corrected chi connectivity index (χ2v) is 7.34. The Morgan fingerprint density at radius 3 is 2.77 bits per heavy atom. The van der Waals surface area contributed by atoms with Crippen LogP contribution in [0, 0.1) is 6.92 Å². The fraction of sp³-hybridized carbons (Fsp3) is 0.238. The smallest absolute Gasteiger partial charge is 0.209 e. The van der Waals surface area contributed by atoms with Crippen molar-refractivity contribution >= 4 is 22.7 Å². The predicted molar refractivity (Wildman–Crippen MR) is 106 cm³/mol. The SMILES string of the molecule is COc1ccc2c(c1)CCc1sc(N=Cc3ccc(C)c(OC)c3)nc1-2. The van der Waals surface area contributed by atoms with Gasteiger partial charge < -0.3 is 9.47 Å². The van der Waals surface area contributed by atoms with Crippen molar-refractivity contribution in [3.8, 4) is 22.8 Å². The highest BCUT2D eigenvalue weighted by atomic mass is 32.1. The van der Waals surface area contributed by atoms with E-state index in [-0.39, 0.29) is 0 Å². The minimum absolute atomic E-state index is 0.790. The Hall–Kier alpha value is -2.66. The highest BCUT2D eigenvalue weighted by molar-refractivity contribution is 7.15. The van der Waals surface area contributed by atoms with Crippen LogP contribution in [0.4, 0.5) is 5.13 Å². The number of aliphatic imine (C=N–C) groups is 1. The van der Waals surface area contributed by atoms with E-state index >= 15 is 0 Å². The van der Waals surface area contributed by atoms with Gasteiger partial charge in [-0.05, 0) is 60.7 Å². The third-order valence-electron chi connectivity index (χ3n) is 4.63. The van der Waals surface area contributed by atoms with Crippen molar-refractivity contribution < 1.29 is 9.47 Å². The average Bonchev–Trinajstić information content (AvgIpc) is 3.10. The molecule has 1 aliphatic carbocycles. The van der Waals surface area contributed by atoms with Gasteiger partial charge in [0.1, 0.15) is 11.5 Å². The fourth-order valence-corrected chi connectivity index (χ4v) is 4.12. The van der Waals surface area contributed by atoms with Crippen LogP contribution in [0.3, 0.4) is 0 Å². The summed E-state index contributed by atoms with van der Waals surface area (Å²) in [6, 6.07) is 12.3. The van der Waals surface area contributed by atoms with E-state index in [4.69, 9.17) is 14.5 Å². The maximum Gasteiger partial charge on any atom is 0.209 e. The van der Waals surface area contributed by atoms with Crippen molar-refractivity contribution in [2.24, 2.45) is 4.99 Å². The molecule has 5 heteroatoms. The first kappa shape index (κ1) is 16.8. The summed E-state index contributed by atoms with van der Waals surface area (Å²) in [6.45, 7) is 2.03. The Morgan fingerprint density at radius 2 is 1.96 bits per heavy atom. The second-order valence-electron chi connectivity index (χ2n) is 6.28. The number of nitrogens with zero attached hydrogens (tertiary/aromatic N) is 2. The molecule has 3 aromatic rings. The molecule has 0 atom stereocenters. The second kappa shape index (κ2) is 6.92. The summed E-state index contributed by atoms with van der Waals surface area (Å²) < 4.78 is 10.7. The van der Waals surface area contributed by atoms with Gasteiger partial charge in [-0.15, -0.1) is 0 Å². The number of aryl methyl sites for hydroxylation is 3. The van der Waals surface area contributed by atoms with Crippen LogP contribution in [0.5, 0.6) is 11.5 Å². The van der Waals surface area contributed by atoms with E-state index < -0.39 is 0 Å². The molecule has 0 spiro atoms. The first-order valence-electron chi connectivity index (χ1n) is 8.53. The lowest BCUT2D eigenvalue weighted by Crippen LogP contribution is -2.02. The van der Waals surface area contributed by atoms with Crippen LogP contribution in [-0.4, -0.2) is 25.4 Å². The van der Waals surface area contributed by atoms with Crippen molar-refractivity contribution in [1.82, 2.24) is 4.98 Å². The van der Waals surface area contributed by atoms with Crippen LogP contribution in [-0.2, 0) is 12.8 Å². The van der Waals surface area contributed by atoms with E-state index in [2.05, 4.69) is 17.1 Å². The van der Waals surface area contributed by atoms with E-state index in [0.29, 0.717) is 0 Å². The third-order valence-corrected chi connectivity index (χ3v) is 5.65. The average molecular weight is 364 g/mol. The normalized spacial score (nSPS) is 12.7. The summed E-state index contributed by atoms with van der Waals surface area (Å²) in [6.07, 6.45) is 3.86. The summed E-state index contributed by atoms with van der Waals surface area (Å²) in [5.74, 6) is 1.77. The van der Waals surface area contributed by atoms with Crippen molar-refractivity contribution in [3.63, 3.8) is 0 Å². The third kappa shape index (κ3) is 3.10. The fourth-order valence-electron chi connectivity index (χ4n) is 3.20. The number of hydrogen-bond acceptors (Lipinski definition) is 5. The van der Waals surface area contributed by atoms with Gasteiger partial charge in [-0.1, -0.05) is 23.5 Å². The number of rotatable bonds is 4. The minimum Gasteiger partial charge on any atom is -0.497 e. The number of methoxy groups -OCH3 is 2. The highest BCUT2D eigenvalue weighted by Gasteiger charge is 2.21. The Balaban J connectivity index is 1.63. The Bertz CT molecular complexity index is 992. The lowest BCUT2D eigenvalue weighted by molar-refractivity contribution is 0.411. The van der Waals surface area contributed by atoms with Gasteiger partial charge in [0.2, 0.25) is 5.13 Å². The topological polar surface area (TPSA) is 43.7 Å². The van der Waals surface area contributed by atoms with Crippen LogP contribution in [0.1, 0.15) is 21.6 Å². The number of hydrogen-bond donors (Lipinski definition) is 0. The van der Waals surface area contributed by atoms with E-state index in [0.717, 1.165) is 46.3 Å². The van der Waals surface area contributed by atoms with Gasteiger partial charge in [-0.2, -0.15) is 0 Å². The molecule has 0 unspecified atom stereocenters. The van der Waals surface area contributed by atoms with Gasteiger partial charge in [-0.25, -0.2) is 9.98 Å². The molecule has 1 aromatic heterocycles. The van der Waals surface area contributed by atoms with E-state index in [1.54, 1.807) is 25.6 Å². The predicted octanol–water partition coefficient (Wildman–Crippen LogP) is 4.98. The minimum atomic E-state index is 0.790. The molecule has 0 fully saturated rings. The first-order valence-corrected chi connectivity index (χ1v) is 9.35. The molecule has 1 aliphatic rings. The van der Waals surface area contributed by atoms with Gasteiger partial charge >= 0.3 is 0 Å². The molecule has 2 aromatic carbocycles. The highest BCUT2D eigenvalue weighted by Crippen LogP contribution is 2.40. The molecule has 0 N–H and O–H groups in total. The quantitative estimate of drug-likeness (QED) is 0.613. The van der Waals surface area contributed by atoms with E-state index in [1.807, 2.05) is 37.4 Å². The number of thiazole rings is 1. The molecule has 0 radical (unpaired) electrons. The molecule has 26 heavy (non-hydrogen) atoms. The largest absolute Gasteiger partial charge is 0.497 e. The van der Waals surface area contributed by atoms with Gasteiger partial charge in [0, 0.05) is 16.7 Å². The van der Waals surface area contributed by atoms with Crippen LogP contribution >= 0.6 is 11.3 Å². The van der Waals surface area contributed by atoms with Crippen LogP contribution in [0.2, 0.25) is 0 Å². The lowest BCUT2D eigenvalue weighted by atomic mass is 9.93. The van der Waals surface area contributed by atoms with E-state index in [9.17, 15) is 0 Å². The van der Waals surface area contributed by atoms with Crippen molar-refractivity contribution in [1.29, 1.82) is 0 Å². The molecule has 0 saturated heterocycles. The zero-order valence-corrected chi connectivity index (χ0v) is 15.9. The molecular formula is C21H20N2O2S. The molecule has 0 amide bonds. The Kier molecular flexibility index (Phi) is 4.47. The molecule has 0 bridgehead atoms. The zero-order valence-electron chi connectivity index (χ0n) is 15.1. The molecule has 4 nitrogen and oxygen atoms in total. The summed E-state index contributed by atoms with van der Waals surface area (Å²) in [5, 5.41) is 0.790. The standard InChI is InChI=1S/C21H20N2O2S/c1-13-4-5-14(10-18(13)25-3)12-22-21-23-20-17-8-7-16(24-2)11-15(17)6-9-19(20)26-21/h4-5,7-8,10-12H,6,9H2,1-3H3. The Labute approximate surface area is 157 Å². The van der Waals surface area contributed by atoms with Gasteiger partial charge in [-0.3, -0.25) is 0 Å². The molecule has 0 saturated carbocycles. The maximum absolute atomic E-state index is 5.38. The Morgan fingerprint density at radius 1 is 1.08 bits per heavy atom. The van der Waals surface area contributed by atoms with Crippen molar-refractivity contribution in [2.75, 3.05) is 14.2 Å². The maximum atomic E-state index is 5.38. The van der Waals surface area contributed by atoms with Crippen LogP contribution in [0.25, 0.3) is 11.3 Å². The van der Waals surface area contributed by atoms with Crippen molar-refractivity contribution in [2.45, 2.75) is 19.8 Å². The van der Waals surface area contributed by atoms with Gasteiger partial charge in [0.25, 0.3) is 0 Å².